The molecule has 1 N–H and O–H groups in total. The summed E-state index contributed by atoms with van der Waals surface area (Å²) in [5.41, 5.74) is 0. The van der Waals surface area contributed by atoms with Crippen LogP contribution < -0.4 is 10.2 Å². The molecule has 0 aromatic carbocycles. The maximum absolute atomic E-state index is 13.3. The molecule has 4 atom stereocenters. The maximum atomic E-state index is 13.3. The highest BCUT2D eigenvalue weighted by atomic mass is 16.5. The Morgan fingerprint density at radius 3 is 1.47 bits per heavy atom. The minimum atomic E-state index is -1.30. The Bertz CT molecular complexity index is 1140. The summed E-state index contributed by atoms with van der Waals surface area (Å²) in [6.45, 7) is 5.10. The van der Waals surface area contributed by atoms with E-state index in [-0.39, 0.29) is 13.0 Å². The third-order valence-corrected chi connectivity index (χ3v) is 11.1. The monoisotopic (exact) mass is 851 g/mol. The average molecular weight is 851 g/mol. The number of unbranched alkanes of at least 4 members (excludes halogenated alkanes) is 21. The van der Waals surface area contributed by atoms with E-state index in [1.165, 1.54) is 102 Å². The largest absolute Gasteiger partial charge is 0.550 e. The molecule has 0 bridgehead atoms. The first kappa shape index (κ1) is 57.6. The SMILES string of the molecule is CCCCCCCC/C=C\CCCCCC(O)CCC(C(=O)[O-])C(C[N+](C)(C)C)OC(=CC(=O)OC(CC(=O)[O-])C[N+](C)(C)C)CCCCCCCCCCCCCCC. The molecule has 0 aromatic rings. The molecular formula is C50H94N2O8. The number of carboxylic acid groups (broad SMARTS) is 2. The van der Waals surface area contributed by atoms with Gasteiger partial charge in [-0.15, -0.1) is 0 Å². The van der Waals surface area contributed by atoms with Crippen LogP contribution >= 0.6 is 0 Å². The number of carbonyl (C=O) groups is 3. The number of hydrogen-bond acceptors (Lipinski definition) is 8. The number of carboxylic acids is 2. The lowest BCUT2D eigenvalue weighted by Gasteiger charge is -2.35. The van der Waals surface area contributed by atoms with Crippen LogP contribution in [0.5, 0.6) is 0 Å². The molecule has 60 heavy (non-hydrogen) atoms. The van der Waals surface area contributed by atoms with E-state index in [9.17, 15) is 29.7 Å². The van der Waals surface area contributed by atoms with E-state index < -0.39 is 48.6 Å². The Balaban J connectivity index is 5.51. The maximum Gasteiger partial charge on any atom is 0.334 e. The van der Waals surface area contributed by atoms with Gasteiger partial charge < -0.3 is 43.3 Å². The number of esters is 1. The minimum absolute atomic E-state index is 0.184. The second kappa shape index (κ2) is 36.1. The first-order valence-corrected chi connectivity index (χ1v) is 24.4. The van der Waals surface area contributed by atoms with Crippen molar-refractivity contribution in [2.75, 3.05) is 55.4 Å². The van der Waals surface area contributed by atoms with Crippen molar-refractivity contribution < 1.29 is 48.1 Å². The Kier molecular flexibility index (Phi) is 34.6. The number of nitrogens with zero attached hydrogens (tertiary/aromatic N) is 2. The second-order valence-corrected chi connectivity index (χ2v) is 19.7. The molecule has 352 valence electrons. The van der Waals surface area contributed by atoms with E-state index in [0.717, 1.165) is 57.8 Å². The van der Waals surface area contributed by atoms with Gasteiger partial charge in [0.15, 0.2) is 12.2 Å². The summed E-state index contributed by atoms with van der Waals surface area (Å²) >= 11 is 0. The zero-order valence-electron chi connectivity index (χ0n) is 40.2. The highest BCUT2D eigenvalue weighted by Gasteiger charge is 2.31. The summed E-state index contributed by atoms with van der Waals surface area (Å²) in [7, 11) is 11.5. The number of rotatable bonds is 42. The Morgan fingerprint density at radius 2 is 1.02 bits per heavy atom. The average Bonchev–Trinajstić information content (AvgIpc) is 3.13. The number of carbonyl (C=O) groups excluding carboxylic acids is 3. The van der Waals surface area contributed by atoms with Crippen LogP contribution in [0, 0.1) is 5.92 Å². The molecule has 0 spiro atoms. The zero-order valence-corrected chi connectivity index (χ0v) is 40.2. The van der Waals surface area contributed by atoms with E-state index in [4.69, 9.17) is 9.47 Å². The van der Waals surface area contributed by atoms with Gasteiger partial charge in [0.1, 0.15) is 18.8 Å². The highest BCUT2D eigenvalue weighted by Crippen LogP contribution is 2.25. The van der Waals surface area contributed by atoms with Crippen molar-refractivity contribution in [2.24, 2.45) is 5.92 Å². The van der Waals surface area contributed by atoms with Gasteiger partial charge >= 0.3 is 5.97 Å². The van der Waals surface area contributed by atoms with E-state index >= 15 is 0 Å². The van der Waals surface area contributed by atoms with Gasteiger partial charge in [-0.3, -0.25) is 0 Å². The fourth-order valence-corrected chi connectivity index (χ4v) is 7.80. The van der Waals surface area contributed by atoms with Crippen molar-refractivity contribution in [3.05, 3.63) is 24.0 Å². The molecule has 0 aliphatic rings. The molecule has 0 saturated carbocycles. The predicted octanol–water partition coefficient (Wildman–Crippen LogP) is 8.97. The molecule has 0 aliphatic heterocycles. The molecular weight excluding hydrogens is 757 g/mol. The van der Waals surface area contributed by atoms with Crippen LogP contribution in [0.3, 0.4) is 0 Å². The number of aliphatic hydroxyl groups is 1. The lowest BCUT2D eigenvalue weighted by molar-refractivity contribution is -0.874. The molecule has 0 radical (unpaired) electrons. The fraction of sp³-hybridized carbons (Fsp3) is 0.860. The highest BCUT2D eigenvalue weighted by molar-refractivity contribution is 5.83. The van der Waals surface area contributed by atoms with Crippen LogP contribution in [0.1, 0.15) is 200 Å². The van der Waals surface area contributed by atoms with E-state index in [1.807, 2.05) is 42.3 Å². The number of ether oxygens (including phenoxy) is 2. The van der Waals surface area contributed by atoms with Gasteiger partial charge in [0.2, 0.25) is 0 Å². The first-order chi connectivity index (χ1) is 28.5. The van der Waals surface area contributed by atoms with Crippen LogP contribution in [0.25, 0.3) is 0 Å². The number of allylic oxidation sites excluding steroid dienone is 3. The van der Waals surface area contributed by atoms with Crippen molar-refractivity contribution in [1.29, 1.82) is 0 Å². The second-order valence-electron chi connectivity index (χ2n) is 19.7. The third-order valence-electron chi connectivity index (χ3n) is 11.1. The number of likely N-dealkylation sites (N-methyl/N-ethyl adjacent to an activating group) is 2. The summed E-state index contributed by atoms with van der Waals surface area (Å²) in [5.74, 6) is -3.96. The van der Waals surface area contributed by atoms with Crippen LogP contribution in [0.15, 0.2) is 24.0 Å². The summed E-state index contributed by atoms with van der Waals surface area (Å²) in [6, 6.07) is 0. The molecule has 0 rings (SSSR count). The summed E-state index contributed by atoms with van der Waals surface area (Å²) < 4.78 is 13.0. The quantitative estimate of drug-likeness (QED) is 0.0161. The molecule has 0 aromatic heterocycles. The Labute approximate surface area is 368 Å². The number of quaternary nitrogens is 2. The van der Waals surface area contributed by atoms with Gasteiger partial charge in [-0.2, -0.15) is 0 Å². The number of aliphatic hydroxyl groups excluding tert-OH is 1. The lowest BCUT2D eigenvalue weighted by Crippen LogP contribution is -2.49. The van der Waals surface area contributed by atoms with Crippen LogP contribution in [0.4, 0.5) is 0 Å². The predicted molar refractivity (Wildman–Crippen MR) is 243 cm³/mol. The van der Waals surface area contributed by atoms with Crippen molar-refractivity contribution >= 4 is 17.9 Å². The summed E-state index contributed by atoms with van der Waals surface area (Å²) in [5, 5.41) is 35.1. The number of aliphatic carboxylic acids is 2. The third kappa shape index (κ3) is 37.3. The minimum Gasteiger partial charge on any atom is -0.550 e. The van der Waals surface area contributed by atoms with Gasteiger partial charge in [-0.05, 0) is 51.4 Å². The van der Waals surface area contributed by atoms with Crippen LogP contribution in [0.2, 0.25) is 0 Å². The van der Waals surface area contributed by atoms with Gasteiger partial charge in [0, 0.05) is 30.7 Å². The molecule has 0 heterocycles. The number of hydrogen-bond donors (Lipinski definition) is 1. The van der Waals surface area contributed by atoms with Crippen molar-refractivity contribution in [1.82, 2.24) is 0 Å². The molecule has 10 nitrogen and oxygen atoms in total. The molecule has 0 aliphatic carbocycles. The van der Waals surface area contributed by atoms with Gasteiger partial charge in [0.05, 0.1) is 54.5 Å². The Hall–Kier alpha value is -2.43. The van der Waals surface area contributed by atoms with E-state index in [0.29, 0.717) is 40.5 Å². The van der Waals surface area contributed by atoms with Gasteiger partial charge in [-0.25, -0.2) is 4.79 Å². The molecule has 0 saturated heterocycles. The Morgan fingerprint density at radius 1 is 0.567 bits per heavy atom. The van der Waals surface area contributed by atoms with Crippen LogP contribution in [-0.4, -0.2) is 106 Å². The van der Waals surface area contributed by atoms with Gasteiger partial charge in [-0.1, -0.05) is 148 Å². The lowest BCUT2D eigenvalue weighted by atomic mass is 9.92. The topological polar surface area (TPSA) is 136 Å². The van der Waals surface area contributed by atoms with Crippen molar-refractivity contribution in [3.8, 4) is 0 Å². The standard InChI is InChI=1S/C50H94N2O8/c1-9-11-13-15-17-19-21-23-25-27-29-31-33-35-43(53)37-38-46(50(57)58)47(42-52(6,7)8)59-44(40-49(56)60-45(39-48(54)55)41-51(3,4)5)36-34-32-30-28-26-24-22-20-18-16-14-12-10-2/h23,25,40,43,45-47,53H,9-22,24,26-39,41-42H2,1-8H3/b25-23-,44-40?. The smallest absolute Gasteiger partial charge is 0.334 e. The van der Waals surface area contributed by atoms with Crippen molar-refractivity contribution in [3.63, 3.8) is 0 Å². The summed E-state index contributed by atoms with van der Waals surface area (Å²) in [6.07, 6.45) is 33.1. The molecule has 10 heteroatoms. The first-order valence-electron chi connectivity index (χ1n) is 24.4. The molecule has 0 fully saturated rings. The van der Waals surface area contributed by atoms with E-state index in [2.05, 4.69) is 26.0 Å². The van der Waals surface area contributed by atoms with Gasteiger partial charge in [0.25, 0.3) is 0 Å². The van der Waals surface area contributed by atoms with Crippen molar-refractivity contribution in [2.45, 2.75) is 218 Å². The summed E-state index contributed by atoms with van der Waals surface area (Å²) in [4.78, 5) is 37.6. The molecule has 4 unspecified atom stereocenters. The zero-order chi connectivity index (χ0) is 45.1. The molecule has 0 amide bonds. The normalized spacial score (nSPS) is 14.6. The van der Waals surface area contributed by atoms with E-state index in [1.54, 1.807) is 0 Å². The van der Waals surface area contributed by atoms with Crippen LogP contribution in [-0.2, 0) is 23.9 Å². The fourth-order valence-electron chi connectivity index (χ4n) is 7.80.